The maximum Gasteiger partial charge on any atom is 0.0561 e. The fourth-order valence-electron chi connectivity index (χ4n) is 9.88. The predicted molar refractivity (Wildman–Crippen MR) is 300 cm³/mol. The lowest BCUT2D eigenvalue weighted by Crippen LogP contribution is -2.12. The molecule has 0 saturated heterocycles. The van der Waals surface area contributed by atoms with Crippen molar-refractivity contribution in [2.75, 3.05) is 19.6 Å². The molecule has 12 rings (SSSR count). The first-order valence-corrected chi connectivity index (χ1v) is 24.1. The van der Waals surface area contributed by atoms with E-state index in [1.165, 1.54) is 10.8 Å². The summed E-state index contributed by atoms with van der Waals surface area (Å²) in [6.07, 6.45) is 0. The second-order valence-electron chi connectivity index (χ2n) is 17.5. The minimum absolute atomic E-state index is 1.06. The van der Waals surface area contributed by atoms with E-state index in [0.29, 0.717) is 0 Å². The molecule has 12 aromatic rings. The van der Waals surface area contributed by atoms with Crippen LogP contribution in [0, 0.1) is 0 Å². The first-order valence-electron chi connectivity index (χ1n) is 24.1. The zero-order chi connectivity index (χ0) is 47.3. The van der Waals surface area contributed by atoms with Gasteiger partial charge in [-0.3, -0.25) is 0 Å². The molecule has 0 unspecified atom stereocenters. The van der Waals surface area contributed by atoms with Crippen LogP contribution in [0.5, 0.6) is 0 Å². The topological polar surface area (TPSA) is 17.9 Å². The summed E-state index contributed by atoms with van der Waals surface area (Å²) >= 11 is 0. The van der Waals surface area contributed by atoms with Crippen molar-refractivity contribution in [3.8, 4) is 5.69 Å². The van der Waals surface area contributed by atoms with Crippen LogP contribution in [0.1, 0.15) is 0 Å². The normalized spacial score (nSPS) is 11.1. The van der Waals surface area contributed by atoms with Crippen molar-refractivity contribution in [3.63, 3.8) is 0 Å². The van der Waals surface area contributed by atoms with Crippen molar-refractivity contribution in [2.24, 2.45) is 0 Å². The maximum absolute atomic E-state index is 2.41. The molecule has 71 heavy (non-hydrogen) atoms. The van der Waals surface area contributed by atoms with E-state index in [1.54, 1.807) is 0 Å². The number of benzene rings is 11. The highest BCUT2D eigenvalue weighted by atomic mass is 15.2. The molecule has 5 nitrogen and oxygen atoms in total. The Kier molecular flexibility index (Phi) is 11.6. The van der Waals surface area contributed by atoms with Gasteiger partial charge in [0.15, 0.2) is 0 Å². The summed E-state index contributed by atoms with van der Waals surface area (Å²) in [4.78, 5) is 9.31. The molecule has 0 saturated carbocycles. The Morgan fingerprint density at radius 1 is 0.183 bits per heavy atom. The first-order chi connectivity index (χ1) is 35.2. The van der Waals surface area contributed by atoms with Gasteiger partial charge in [0.2, 0.25) is 0 Å². The first kappa shape index (κ1) is 42.8. The van der Waals surface area contributed by atoms with Crippen LogP contribution < -0.4 is 19.6 Å². The van der Waals surface area contributed by atoms with Gasteiger partial charge in [-0.25, -0.2) is 0 Å². The molecule has 0 N–H and O–H groups in total. The zero-order valence-corrected chi connectivity index (χ0v) is 39.0. The van der Waals surface area contributed by atoms with Gasteiger partial charge >= 0.3 is 0 Å². The third-order valence-electron chi connectivity index (χ3n) is 13.1. The monoisotopic (exact) mass is 911 g/mol. The van der Waals surface area contributed by atoms with Gasteiger partial charge in [-0.05, 0) is 164 Å². The molecule has 0 aliphatic rings. The van der Waals surface area contributed by atoms with Crippen LogP contribution in [0.15, 0.2) is 297 Å². The maximum atomic E-state index is 2.41. The minimum atomic E-state index is 1.06. The van der Waals surface area contributed by atoms with E-state index >= 15 is 0 Å². The Morgan fingerprint density at radius 2 is 0.437 bits per heavy atom. The molecule has 1 aromatic heterocycles. The molecule has 0 amide bonds. The van der Waals surface area contributed by atoms with E-state index in [4.69, 9.17) is 0 Å². The van der Waals surface area contributed by atoms with Crippen LogP contribution in [0.4, 0.5) is 68.2 Å². The van der Waals surface area contributed by atoms with Gasteiger partial charge < -0.3 is 24.2 Å². The standard InChI is InChI=1S/C66H49N5/c1-8-22-50(23-9-1)67(51-24-10-2-11-25-51)57-36-40-59(41-37-57)69(54-30-16-5-17-31-54)61-45-47-65-64(48-61)63-46-44-62(49-66(63)71(65)56-34-20-7-21-35-56)70(55-32-18-6-19-33-55)60-42-38-58(39-43-60)68(52-26-12-3-13-27-52)53-28-14-4-15-29-53/h1-49H. The van der Waals surface area contributed by atoms with Gasteiger partial charge in [0.05, 0.1) is 11.0 Å². The molecule has 0 bridgehead atoms. The third-order valence-corrected chi connectivity index (χ3v) is 13.1. The molecule has 0 fully saturated rings. The smallest absolute Gasteiger partial charge is 0.0561 e. The van der Waals surface area contributed by atoms with Gasteiger partial charge in [-0.2, -0.15) is 0 Å². The summed E-state index contributed by atoms with van der Waals surface area (Å²) in [7, 11) is 0. The third kappa shape index (κ3) is 8.43. The highest BCUT2D eigenvalue weighted by Crippen LogP contribution is 2.44. The van der Waals surface area contributed by atoms with Gasteiger partial charge in [0, 0.05) is 84.7 Å². The molecule has 338 valence electrons. The van der Waals surface area contributed by atoms with E-state index in [0.717, 1.165) is 85.0 Å². The fourth-order valence-corrected chi connectivity index (χ4v) is 9.88. The quantitative estimate of drug-likeness (QED) is 0.115. The lowest BCUT2D eigenvalue weighted by atomic mass is 10.1. The summed E-state index contributed by atoms with van der Waals surface area (Å²) < 4.78 is 2.41. The number of para-hydroxylation sites is 7. The Bertz CT molecular complexity index is 3580. The molecule has 0 aliphatic heterocycles. The van der Waals surface area contributed by atoms with Crippen molar-refractivity contribution < 1.29 is 0 Å². The number of hydrogen-bond acceptors (Lipinski definition) is 4. The molecular weight excluding hydrogens is 863 g/mol. The van der Waals surface area contributed by atoms with E-state index in [-0.39, 0.29) is 0 Å². The van der Waals surface area contributed by atoms with E-state index in [2.05, 4.69) is 321 Å². The SMILES string of the molecule is c1ccc(N(c2ccccc2)c2ccc(N(c3ccccc3)c3ccc4c(c3)c3ccc(N(c5ccccc5)c5ccc(N(c6ccccc6)c6ccccc6)cc5)cc3n4-c3ccccc3)cc2)cc1. The Labute approximate surface area is 415 Å². The van der Waals surface area contributed by atoms with Gasteiger partial charge in [-0.15, -0.1) is 0 Å². The highest BCUT2D eigenvalue weighted by molar-refractivity contribution is 6.12. The van der Waals surface area contributed by atoms with Gasteiger partial charge in [0.25, 0.3) is 0 Å². The molecular formula is C66H49N5. The molecule has 0 atom stereocenters. The van der Waals surface area contributed by atoms with Crippen molar-refractivity contribution >= 4 is 90.1 Å². The van der Waals surface area contributed by atoms with Gasteiger partial charge in [-0.1, -0.05) is 133 Å². The average Bonchev–Trinajstić information content (AvgIpc) is 3.77. The van der Waals surface area contributed by atoms with Crippen LogP contribution in [0.3, 0.4) is 0 Å². The predicted octanol–water partition coefficient (Wildman–Crippen LogP) is 18.7. The number of hydrogen-bond donors (Lipinski definition) is 0. The molecule has 1 heterocycles. The largest absolute Gasteiger partial charge is 0.311 e. The minimum Gasteiger partial charge on any atom is -0.311 e. The van der Waals surface area contributed by atoms with Crippen molar-refractivity contribution in [1.82, 2.24) is 4.57 Å². The van der Waals surface area contributed by atoms with Crippen LogP contribution >= 0.6 is 0 Å². The van der Waals surface area contributed by atoms with Crippen molar-refractivity contribution in [3.05, 3.63) is 297 Å². The summed E-state index contributed by atoms with van der Waals surface area (Å²) in [5, 5.41) is 2.34. The number of fused-ring (bicyclic) bond motifs is 3. The summed E-state index contributed by atoms with van der Waals surface area (Å²) in [6, 6.07) is 106. The molecule has 0 aliphatic carbocycles. The molecule has 11 aromatic carbocycles. The van der Waals surface area contributed by atoms with Crippen molar-refractivity contribution in [2.45, 2.75) is 0 Å². The number of aromatic nitrogens is 1. The Balaban J connectivity index is 0.974. The fraction of sp³-hybridized carbons (Fsp3) is 0. The number of anilines is 12. The van der Waals surface area contributed by atoms with Crippen LogP contribution in [-0.4, -0.2) is 4.57 Å². The number of nitrogens with zero attached hydrogens (tertiary/aromatic N) is 5. The van der Waals surface area contributed by atoms with Crippen LogP contribution in [0.25, 0.3) is 27.5 Å². The molecule has 0 spiro atoms. The summed E-state index contributed by atoms with van der Waals surface area (Å²) in [5.41, 5.74) is 16.4. The second-order valence-corrected chi connectivity index (χ2v) is 17.5. The Hall–Kier alpha value is -9.58. The lowest BCUT2D eigenvalue weighted by Gasteiger charge is -2.28. The van der Waals surface area contributed by atoms with Gasteiger partial charge in [0.1, 0.15) is 0 Å². The number of rotatable bonds is 13. The van der Waals surface area contributed by atoms with E-state index in [1.807, 2.05) is 0 Å². The highest BCUT2D eigenvalue weighted by Gasteiger charge is 2.22. The molecule has 0 radical (unpaired) electrons. The van der Waals surface area contributed by atoms with Crippen LogP contribution in [0.2, 0.25) is 0 Å². The Morgan fingerprint density at radius 3 is 0.775 bits per heavy atom. The van der Waals surface area contributed by atoms with Crippen LogP contribution in [-0.2, 0) is 0 Å². The molecule has 5 heteroatoms. The summed E-state index contributed by atoms with van der Waals surface area (Å²) in [5.74, 6) is 0. The lowest BCUT2D eigenvalue weighted by molar-refractivity contribution is 1.17. The second kappa shape index (κ2) is 19.2. The van der Waals surface area contributed by atoms with Crippen molar-refractivity contribution in [1.29, 1.82) is 0 Å². The van der Waals surface area contributed by atoms with E-state index in [9.17, 15) is 0 Å². The zero-order valence-electron chi connectivity index (χ0n) is 39.0. The van der Waals surface area contributed by atoms with E-state index < -0.39 is 0 Å². The summed E-state index contributed by atoms with van der Waals surface area (Å²) in [6.45, 7) is 0. The average molecular weight is 912 g/mol.